The minimum atomic E-state index is -0.0457. The van der Waals surface area contributed by atoms with Gasteiger partial charge < -0.3 is 5.11 Å². The number of aldehydes is 1. The second-order valence-corrected chi connectivity index (χ2v) is 2.09. The van der Waals surface area contributed by atoms with Gasteiger partial charge in [0.2, 0.25) is 0 Å². The summed E-state index contributed by atoms with van der Waals surface area (Å²) in [5, 5.41) is 8.93. The van der Waals surface area contributed by atoms with E-state index in [-0.39, 0.29) is 16.5 Å². The first-order valence-electron chi connectivity index (χ1n) is 2.53. The van der Waals surface area contributed by atoms with Gasteiger partial charge in [0.05, 0.1) is 11.2 Å². The van der Waals surface area contributed by atoms with Crippen molar-refractivity contribution in [2.24, 2.45) is 0 Å². The van der Waals surface area contributed by atoms with E-state index in [4.69, 9.17) is 16.7 Å². The molecule has 0 saturated heterocycles. The maximum atomic E-state index is 10.1. The lowest BCUT2D eigenvalue weighted by molar-refractivity contribution is 0.111. The van der Waals surface area contributed by atoms with Crippen molar-refractivity contribution in [3.8, 4) is 5.75 Å². The van der Waals surface area contributed by atoms with Crippen molar-refractivity contribution in [1.82, 2.24) is 4.98 Å². The Morgan fingerprint density at radius 2 is 2.40 bits per heavy atom. The van der Waals surface area contributed by atoms with E-state index in [0.29, 0.717) is 6.29 Å². The highest BCUT2D eigenvalue weighted by atomic mass is 35.5. The molecule has 0 aliphatic heterocycles. The first-order valence-corrected chi connectivity index (χ1v) is 2.91. The van der Waals surface area contributed by atoms with Gasteiger partial charge in [0.25, 0.3) is 0 Å². The average Bonchev–Trinajstić information content (AvgIpc) is 1.88. The molecular weight excluding hydrogens is 154 g/mol. The summed E-state index contributed by atoms with van der Waals surface area (Å²) in [6.45, 7) is 0. The molecule has 0 unspecified atom stereocenters. The standard InChI is InChI=1S/C6H4ClNO2/c7-5-1-4(10)2-8-6(5)3-9/h1-3,10H. The minimum Gasteiger partial charge on any atom is -0.506 e. The summed E-state index contributed by atoms with van der Waals surface area (Å²) in [6, 6.07) is 1.26. The summed E-state index contributed by atoms with van der Waals surface area (Å²) in [6.07, 6.45) is 1.69. The summed E-state index contributed by atoms with van der Waals surface area (Å²) in [7, 11) is 0. The number of rotatable bonds is 1. The number of carbonyl (C=O) groups excluding carboxylic acids is 1. The van der Waals surface area contributed by atoms with Crippen molar-refractivity contribution in [2.45, 2.75) is 0 Å². The van der Waals surface area contributed by atoms with E-state index in [2.05, 4.69) is 4.98 Å². The molecule has 1 aromatic heterocycles. The molecule has 0 aliphatic carbocycles. The molecule has 3 nitrogen and oxygen atoms in total. The molecule has 0 atom stereocenters. The van der Waals surface area contributed by atoms with Crippen LogP contribution < -0.4 is 0 Å². The van der Waals surface area contributed by atoms with E-state index in [9.17, 15) is 4.79 Å². The van der Waals surface area contributed by atoms with Crippen molar-refractivity contribution >= 4 is 17.9 Å². The molecule has 52 valence electrons. The highest BCUT2D eigenvalue weighted by molar-refractivity contribution is 6.32. The Kier molecular flexibility index (Phi) is 1.87. The van der Waals surface area contributed by atoms with Gasteiger partial charge >= 0.3 is 0 Å². The number of aromatic hydroxyl groups is 1. The van der Waals surface area contributed by atoms with E-state index in [0.717, 1.165) is 6.20 Å². The highest BCUT2D eigenvalue weighted by Crippen LogP contribution is 2.16. The van der Waals surface area contributed by atoms with E-state index in [1.807, 2.05) is 0 Å². The SMILES string of the molecule is O=Cc1ncc(O)cc1Cl. The fourth-order valence-electron chi connectivity index (χ4n) is 0.525. The zero-order chi connectivity index (χ0) is 7.56. The molecule has 0 bridgehead atoms. The molecule has 0 saturated carbocycles. The van der Waals surface area contributed by atoms with E-state index in [1.165, 1.54) is 6.07 Å². The van der Waals surface area contributed by atoms with Gasteiger partial charge in [-0.3, -0.25) is 4.79 Å². The van der Waals surface area contributed by atoms with Crippen LogP contribution in [0.2, 0.25) is 5.02 Å². The van der Waals surface area contributed by atoms with Crippen LogP contribution in [0.25, 0.3) is 0 Å². The Morgan fingerprint density at radius 1 is 1.70 bits per heavy atom. The zero-order valence-electron chi connectivity index (χ0n) is 4.91. The third-order valence-corrected chi connectivity index (χ3v) is 1.27. The largest absolute Gasteiger partial charge is 0.506 e. The molecule has 0 amide bonds. The van der Waals surface area contributed by atoms with Gasteiger partial charge in [0.15, 0.2) is 6.29 Å². The maximum absolute atomic E-state index is 10.1. The Morgan fingerprint density at radius 3 is 2.90 bits per heavy atom. The predicted molar refractivity (Wildman–Crippen MR) is 36.3 cm³/mol. The van der Waals surface area contributed by atoms with Crippen LogP contribution in [0, 0.1) is 0 Å². The van der Waals surface area contributed by atoms with Crippen LogP contribution in [0.15, 0.2) is 12.3 Å². The van der Waals surface area contributed by atoms with E-state index >= 15 is 0 Å². The molecule has 0 aliphatic rings. The van der Waals surface area contributed by atoms with Gasteiger partial charge in [-0.2, -0.15) is 0 Å². The van der Waals surface area contributed by atoms with Crippen LogP contribution in [-0.2, 0) is 0 Å². The highest BCUT2D eigenvalue weighted by Gasteiger charge is 1.99. The molecule has 0 aromatic carbocycles. The molecule has 0 radical (unpaired) electrons. The third-order valence-electron chi connectivity index (χ3n) is 0.967. The first-order chi connectivity index (χ1) is 4.74. The Bertz CT molecular complexity index is 262. The lowest BCUT2D eigenvalue weighted by atomic mass is 10.4. The Hall–Kier alpha value is -1.09. The number of nitrogens with zero attached hydrogens (tertiary/aromatic N) is 1. The molecule has 10 heavy (non-hydrogen) atoms. The Balaban J connectivity index is 3.19. The number of pyridine rings is 1. The average molecular weight is 158 g/mol. The van der Waals surface area contributed by atoms with Crippen molar-refractivity contribution in [1.29, 1.82) is 0 Å². The summed E-state index contributed by atoms with van der Waals surface area (Å²) >= 11 is 5.48. The monoisotopic (exact) mass is 157 g/mol. The summed E-state index contributed by atoms with van der Waals surface area (Å²) in [5.74, 6) is -0.0457. The van der Waals surface area contributed by atoms with E-state index < -0.39 is 0 Å². The van der Waals surface area contributed by atoms with E-state index in [1.54, 1.807) is 0 Å². The summed E-state index contributed by atoms with van der Waals surface area (Å²) < 4.78 is 0. The number of hydrogen-bond acceptors (Lipinski definition) is 3. The lowest BCUT2D eigenvalue weighted by Gasteiger charge is -1.93. The summed E-state index contributed by atoms with van der Waals surface area (Å²) in [5.41, 5.74) is 0.138. The molecule has 1 heterocycles. The number of carbonyl (C=O) groups is 1. The molecule has 1 N–H and O–H groups in total. The Labute approximate surface area is 62.3 Å². The van der Waals surface area contributed by atoms with Crippen molar-refractivity contribution in [3.05, 3.63) is 23.0 Å². The second kappa shape index (κ2) is 2.66. The van der Waals surface area contributed by atoms with Gasteiger partial charge in [-0.25, -0.2) is 4.98 Å². The van der Waals surface area contributed by atoms with Gasteiger partial charge in [-0.05, 0) is 0 Å². The first kappa shape index (κ1) is 7.02. The smallest absolute Gasteiger partial charge is 0.169 e. The predicted octanol–water partition coefficient (Wildman–Crippen LogP) is 1.25. The second-order valence-electron chi connectivity index (χ2n) is 1.68. The molecule has 0 fully saturated rings. The molecule has 1 rings (SSSR count). The van der Waals surface area contributed by atoms with Crippen molar-refractivity contribution < 1.29 is 9.90 Å². The summed E-state index contributed by atoms with van der Waals surface area (Å²) in [4.78, 5) is 13.7. The fourth-order valence-corrected chi connectivity index (χ4v) is 0.730. The minimum absolute atomic E-state index is 0.0457. The van der Waals surface area contributed by atoms with Crippen molar-refractivity contribution in [3.63, 3.8) is 0 Å². The molecule has 0 spiro atoms. The van der Waals surface area contributed by atoms with Gasteiger partial charge in [0.1, 0.15) is 11.4 Å². The van der Waals surface area contributed by atoms with Gasteiger partial charge in [-0.15, -0.1) is 0 Å². The van der Waals surface area contributed by atoms with Crippen LogP contribution in [0.3, 0.4) is 0 Å². The number of aromatic nitrogens is 1. The third kappa shape index (κ3) is 1.25. The topological polar surface area (TPSA) is 50.2 Å². The van der Waals surface area contributed by atoms with Crippen LogP contribution in [0.1, 0.15) is 10.5 Å². The molecule has 1 aromatic rings. The van der Waals surface area contributed by atoms with Crippen molar-refractivity contribution in [2.75, 3.05) is 0 Å². The van der Waals surface area contributed by atoms with Gasteiger partial charge in [-0.1, -0.05) is 11.6 Å². The normalized spacial score (nSPS) is 9.30. The number of halogens is 1. The molecule has 4 heteroatoms. The van der Waals surface area contributed by atoms with Crippen LogP contribution in [-0.4, -0.2) is 16.4 Å². The van der Waals surface area contributed by atoms with Crippen LogP contribution >= 0.6 is 11.6 Å². The molecular formula is C6H4ClNO2. The van der Waals surface area contributed by atoms with Gasteiger partial charge in [0, 0.05) is 6.07 Å². The maximum Gasteiger partial charge on any atom is 0.169 e. The number of hydrogen-bond donors (Lipinski definition) is 1. The fraction of sp³-hybridized carbons (Fsp3) is 0. The lowest BCUT2D eigenvalue weighted by Crippen LogP contribution is -1.85. The van der Waals surface area contributed by atoms with Crippen LogP contribution in [0.5, 0.6) is 5.75 Å². The quantitative estimate of drug-likeness (QED) is 0.625. The van der Waals surface area contributed by atoms with Crippen LogP contribution in [0.4, 0.5) is 0 Å². The zero-order valence-corrected chi connectivity index (χ0v) is 5.67.